The third-order valence-electron chi connectivity index (χ3n) is 4.15. The van der Waals surface area contributed by atoms with Crippen LogP contribution in [-0.2, 0) is 17.1 Å². The molecule has 0 atom stereocenters. The molecule has 0 saturated heterocycles. The molecule has 0 N–H and O–H groups in total. The molecule has 8 heteroatoms. The summed E-state index contributed by atoms with van der Waals surface area (Å²) in [5, 5.41) is 0. The predicted octanol–water partition coefficient (Wildman–Crippen LogP) is 5.05. The quantitative estimate of drug-likeness (QED) is 0.340. The second kappa shape index (κ2) is 12.6. The summed E-state index contributed by atoms with van der Waals surface area (Å²) in [7, 11) is 0. The fourth-order valence-electron chi connectivity index (χ4n) is 2.64. The van der Waals surface area contributed by atoms with Crippen molar-refractivity contribution < 1.29 is 17.1 Å². The molecule has 0 aliphatic heterocycles. The van der Waals surface area contributed by atoms with Gasteiger partial charge in [0.25, 0.3) is 0 Å². The normalized spacial score (nSPS) is 12.1. The summed E-state index contributed by atoms with van der Waals surface area (Å²) in [6.07, 6.45) is 0. The fourth-order valence-corrected chi connectivity index (χ4v) is 40.6. The van der Waals surface area contributed by atoms with Crippen LogP contribution in [0.5, 0.6) is 0 Å². The number of hydrogen-bond donors (Lipinski definition) is 0. The van der Waals surface area contributed by atoms with E-state index in [1.165, 1.54) is 13.8 Å². The number of carbonyl (C=O) groups excluding carboxylic acids is 2. The molecular weight excluding hydrogens is 628 g/mol. The van der Waals surface area contributed by atoms with Gasteiger partial charge in [-0.3, -0.25) is 0 Å². The maximum atomic E-state index is 10.9. The van der Waals surface area contributed by atoms with Crippen LogP contribution in [0, 0.1) is 0 Å². The maximum absolute atomic E-state index is 10.9. The molecule has 0 rings (SSSR count). The Balaban J connectivity index is 0. The van der Waals surface area contributed by atoms with E-state index in [0.29, 0.717) is 0 Å². The first-order valence-corrected chi connectivity index (χ1v) is 33.0. The van der Waals surface area contributed by atoms with E-state index >= 15 is 0 Å². The van der Waals surface area contributed by atoms with E-state index < -0.39 is 68.7 Å². The van der Waals surface area contributed by atoms with Crippen LogP contribution in [0.1, 0.15) is 41.5 Å². The molecule has 0 saturated carbocycles. The van der Waals surface area contributed by atoms with Gasteiger partial charge in [-0.2, -0.15) is 0 Å². The topological polar surface area (TPSA) is 61.8 Å². The molecule has 0 fully saturated rings. The fraction of sp³-hybridized carbons (Fsp3) is 0.875. The van der Waals surface area contributed by atoms with Gasteiger partial charge in [0.1, 0.15) is 0 Å². The van der Waals surface area contributed by atoms with Crippen molar-refractivity contribution in [3.8, 4) is 0 Å². The summed E-state index contributed by atoms with van der Waals surface area (Å²) in [5.74, 6) is -0.907. The Morgan fingerprint density at radius 2 is 1.00 bits per heavy atom. The zero-order chi connectivity index (χ0) is 19.6. The number of carbonyl (C=O) groups is 2. The first kappa shape index (κ1) is 27.5. The summed E-state index contributed by atoms with van der Waals surface area (Å²) >= 11 is -7.89. The minimum absolute atomic E-state index is 0.454. The molecule has 0 aliphatic carbocycles. The van der Waals surface area contributed by atoms with E-state index in [9.17, 15) is 9.59 Å². The molecule has 0 aliphatic rings. The van der Waals surface area contributed by atoms with E-state index in [2.05, 4.69) is 27.7 Å². The molecule has 0 aromatic rings. The van der Waals surface area contributed by atoms with Crippen LogP contribution in [0.25, 0.3) is 0 Å². The first-order chi connectivity index (χ1) is 10.8. The summed E-state index contributed by atoms with van der Waals surface area (Å²) in [6.45, 7) is 12.2. The van der Waals surface area contributed by atoms with Crippen LogP contribution in [0.3, 0.4) is 0 Å². The molecule has 0 amide bonds. The Labute approximate surface area is 163 Å². The summed E-state index contributed by atoms with van der Waals surface area (Å²) < 4.78 is 22.2. The Bertz CT molecular complexity index is 356. The van der Waals surface area contributed by atoms with Gasteiger partial charge in [0.2, 0.25) is 0 Å². The van der Waals surface area contributed by atoms with Gasteiger partial charge in [-0.15, -0.1) is 0 Å². The summed E-state index contributed by atoms with van der Waals surface area (Å²) in [4.78, 5) is 29.5. The van der Waals surface area contributed by atoms with Crippen molar-refractivity contribution in [2.45, 2.75) is 79.0 Å². The average molecular weight is 667 g/mol. The Morgan fingerprint density at radius 1 is 0.708 bits per heavy atom. The van der Waals surface area contributed by atoms with E-state index in [4.69, 9.17) is 7.56 Å². The second-order valence-electron chi connectivity index (χ2n) is 7.18. The number of rotatable bonds is 8. The van der Waals surface area contributed by atoms with Crippen LogP contribution in [0.2, 0.25) is 37.5 Å². The van der Waals surface area contributed by atoms with Crippen molar-refractivity contribution in [2.24, 2.45) is 0 Å². The molecular formula is C16H38O5Sn3. The SMILES string of the molecule is CC(=O)[O][Sn]([CH3])([O]C(C)=O)[O][Sn]([CH3])([CH3])[CH3].C[CH2][Sn]([CH2]C)([CH2]C)[CH2]C. The minimum atomic E-state index is -3.90. The monoisotopic (exact) mass is 670 g/mol. The van der Waals surface area contributed by atoms with Crippen LogP contribution < -0.4 is 0 Å². The summed E-state index contributed by atoms with van der Waals surface area (Å²) in [5.41, 5.74) is 0. The van der Waals surface area contributed by atoms with Gasteiger partial charge in [-0.1, -0.05) is 0 Å². The van der Waals surface area contributed by atoms with Gasteiger partial charge >= 0.3 is 165 Å². The van der Waals surface area contributed by atoms with Crippen LogP contribution in [0.4, 0.5) is 0 Å². The van der Waals surface area contributed by atoms with E-state index in [1.807, 2.05) is 14.8 Å². The van der Waals surface area contributed by atoms with Gasteiger partial charge in [-0.25, -0.2) is 0 Å². The van der Waals surface area contributed by atoms with Gasteiger partial charge in [0.05, 0.1) is 0 Å². The van der Waals surface area contributed by atoms with Gasteiger partial charge in [0, 0.05) is 0 Å². The van der Waals surface area contributed by atoms with Gasteiger partial charge in [0.15, 0.2) is 0 Å². The third kappa shape index (κ3) is 13.5. The molecule has 0 aromatic carbocycles. The summed E-state index contributed by atoms with van der Waals surface area (Å²) in [6, 6.07) is 0. The van der Waals surface area contributed by atoms with E-state index in [-0.39, 0.29) is 0 Å². The van der Waals surface area contributed by atoms with Crippen LogP contribution in [-0.4, -0.2) is 68.7 Å². The zero-order valence-electron chi connectivity index (χ0n) is 17.4. The van der Waals surface area contributed by atoms with Crippen molar-refractivity contribution >= 4 is 68.7 Å². The van der Waals surface area contributed by atoms with Crippen molar-refractivity contribution in [3.63, 3.8) is 0 Å². The average Bonchev–Trinajstić information content (AvgIpc) is 2.38. The van der Waals surface area contributed by atoms with Gasteiger partial charge in [-0.05, 0) is 0 Å². The second-order valence-corrected chi connectivity index (χ2v) is 46.4. The predicted molar refractivity (Wildman–Crippen MR) is 107 cm³/mol. The molecule has 0 heterocycles. The Kier molecular flexibility index (Phi) is 14.5. The molecule has 0 aromatic heterocycles. The Morgan fingerprint density at radius 3 is 1.12 bits per heavy atom. The van der Waals surface area contributed by atoms with Crippen molar-refractivity contribution in [1.29, 1.82) is 0 Å². The zero-order valence-corrected chi connectivity index (χ0v) is 25.9. The molecule has 0 spiro atoms. The van der Waals surface area contributed by atoms with E-state index in [0.717, 1.165) is 0 Å². The number of hydrogen-bond acceptors (Lipinski definition) is 5. The standard InChI is InChI=1S/2C2H4O2.4C2H5.4CH3.O.3Sn/c2*1-2(3)4;4*1-2;;;;;;;;/h2*1H3,(H,3,4);4*1H2,2H3;4*1H3;;;;/q;;;;;;;;;;;;;+2/p-2. The molecule has 0 radical (unpaired) electrons. The molecule has 0 unspecified atom stereocenters. The van der Waals surface area contributed by atoms with Gasteiger partial charge < -0.3 is 0 Å². The van der Waals surface area contributed by atoms with Crippen molar-refractivity contribution in [3.05, 3.63) is 0 Å². The van der Waals surface area contributed by atoms with Crippen molar-refractivity contribution in [1.82, 2.24) is 0 Å². The molecule has 5 nitrogen and oxygen atoms in total. The molecule has 0 bridgehead atoms. The molecule has 24 heavy (non-hydrogen) atoms. The van der Waals surface area contributed by atoms with Crippen LogP contribution in [0.15, 0.2) is 0 Å². The van der Waals surface area contributed by atoms with E-state index in [1.54, 1.807) is 22.7 Å². The van der Waals surface area contributed by atoms with Crippen molar-refractivity contribution in [2.75, 3.05) is 0 Å². The van der Waals surface area contributed by atoms with Crippen LogP contribution >= 0.6 is 0 Å². The third-order valence-corrected chi connectivity index (χ3v) is 46.7. The molecule has 144 valence electrons. The Hall–Kier alpha value is 1.30. The first-order valence-electron chi connectivity index (χ1n) is 8.88.